The van der Waals surface area contributed by atoms with Crippen LogP contribution in [0, 0.1) is 6.92 Å². The monoisotopic (exact) mass is 397 g/mol. The highest BCUT2D eigenvalue weighted by molar-refractivity contribution is 6.31. The van der Waals surface area contributed by atoms with Gasteiger partial charge in [-0.05, 0) is 38.0 Å². The van der Waals surface area contributed by atoms with E-state index in [9.17, 15) is 0 Å². The van der Waals surface area contributed by atoms with Gasteiger partial charge in [-0.2, -0.15) is 4.98 Å². The molecular weight excluding hydrogens is 378 g/mol. The molecule has 0 aliphatic carbocycles. The van der Waals surface area contributed by atoms with E-state index in [1.807, 2.05) is 24.4 Å². The maximum atomic E-state index is 6.31. The molecule has 0 bridgehead atoms. The Kier molecular flexibility index (Phi) is 4.29. The number of pyridine rings is 1. The molecule has 0 N–H and O–H groups in total. The van der Waals surface area contributed by atoms with Crippen LogP contribution >= 0.6 is 11.6 Å². The lowest BCUT2D eigenvalue weighted by atomic mass is 10.0. The van der Waals surface area contributed by atoms with Crippen LogP contribution in [0.25, 0.3) is 21.9 Å². The van der Waals surface area contributed by atoms with E-state index in [4.69, 9.17) is 25.8 Å². The molecule has 4 heterocycles. The maximum absolute atomic E-state index is 6.31. The van der Waals surface area contributed by atoms with Gasteiger partial charge in [-0.25, -0.2) is 4.98 Å². The number of halogens is 1. The minimum atomic E-state index is 0.202. The molecule has 0 radical (unpaired) electrons. The average molecular weight is 398 g/mol. The molecule has 1 aliphatic heterocycles. The van der Waals surface area contributed by atoms with Crippen molar-refractivity contribution in [2.45, 2.75) is 45.3 Å². The van der Waals surface area contributed by atoms with Crippen LogP contribution in [0.15, 0.2) is 28.9 Å². The van der Waals surface area contributed by atoms with Crippen LogP contribution in [-0.2, 0) is 11.2 Å². The fourth-order valence-electron chi connectivity index (χ4n) is 4.08. The first-order chi connectivity index (χ1) is 13.6. The van der Waals surface area contributed by atoms with Crippen molar-refractivity contribution >= 4 is 33.5 Å². The zero-order valence-corrected chi connectivity index (χ0v) is 16.5. The van der Waals surface area contributed by atoms with E-state index in [0.29, 0.717) is 23.2 Å². The van der Waals surface area contributed by atoms with E-state index in [2.05, 4.69) is 26.6 Å². The van der Waals surface area contributed by atoms with Crippen LogP contribution in [-0.4, -0.2) is 37.4 Å². The standard InChI is InChI=1S/C20H20ClN5O2/c1-11-7-14(5-6-27-11)26-19(9-18-23-12(2)28-25-18)24-17-10-22-16-4-3-13(21)8-15(16)20(17)26/h3-4,8,10-11,14H,5-7,9H2,1-2H3/t11-,14-/m1/s1. The summed E-state index contributed by atoms with van der Waals surface area (Å²) in [6, 6.07) is 6.06. The van der Waals surface area contributed by atoms with Crippen molar-refractivity contribution in [2.24, 2.45) is 0 Å². The summed E-state index contributed by atoms with van der Waals surface area (Å²) in [7, 11) is 0. The molecule has 4 aromatic rings. The molecular formula is C20H20ClN5O2. The summed E-state index contributed by atoms with van der Waals surface area (Å²) in [5.41, 5.74) is 2.81. The van der Waals surface area contributed by atoms with Gasteiger partial charge in [-0.1, -0.05) is 16.8 Å². The molecule has 0 unspecified atom stereocenters. The molecule has 0 saturated carbocycles. The predicted octanol–water partition coefficient (Wildman–Crippen LogP) is 4.26. The maximum Gasteiger partial charge on any atom is 0.223 e. The summed E-state index contributed by atoms with van der Waals surface area (Å²) in [6.45, 7) is 4.64. The summed E-state index contributed by atoms with van der Waals surface area (Å²) < 4.78 is 13.3. The van der Waals surface area contributed by atoms with E-state index in [1.165, 1.54) is 0 Å². The molecule has 0 spiro atoms. The van der Waals surface area contributed by atoms with Crippen LogP contribution in [0.5, 0.6) is 0 Å². The Labute approximate surface area is 166 Å². The lowest BCUT2D eigenvalue weighted by Gasteiger charge is -2.30. The number of aryl methyl sites for hydroxylation is 1. The fraction of sp³-hybridized carbons (Fsp3) is 0.400. The molecule has 8 heteroatoms. The van der Waals surface area contributed by atoms with E-state index in [0.717, 1.165) is 47.2 Å². The summed E-state index contributed by atoms with van der Waals surface area (Å²) in [5.74, 6) is 2.09. The summed E-state index contributed by atoms with van der Waals surface area (Å²) >= 11 is 6.31. The zero-order chi connectivity index (χ0) is 19.3. The van der Waals surface area contributed by atoms with Gasteiger partial charge in [0.2, 0.25) is 5.89 Å². The van der Waals surface area contributed by atoms with Crippen LogP contribution in [0.1, 0.15) is 43.3 Å². The minimum Gasteiger partial charge on any atom is -0.378 e. The average Bonchev–Trinajstić information content (AvgIpc) is 3.25. The summed E-state index contributed by atoms with van der Waals surface area (Å²) in [6.07, 6.45) is 4.38. The Bertz CT molecular complexity index is 1170. The van der Waals surface area contributed by atoms with Gasteiger partial charge in [0, 0.05) is 30.0 Å². The van der Waals surface area contributed by atoms with Crippen LogP contribution in [0.3, 0.4) is 0 Å². The van der Waals surface area contributed by atoms with Crippen molar-refractivity contribution in [2.75, 3.05) is 6.61 Å². The topological polar surface area (TPSA) is 78.9 Å². The van der Waals surface area contributed by atoms with Gasteiger partial charge in [0.05, 0.1) is 29.8 Å². The molecule has 3 aromatic heterocycles. The molecule has 1 aromatic carbocycles. The smallest absolute Gasteiger partial charge is 0.223 e. The fourth-order valence-corrected chi connectivity index (χ4v) is 4.25. The minimum absolute atomic E-state index is 0.202. The van der Waals surface area contributed by atoms with Gasteiger partial charge < -0.3 is 13.8 Å². The SMILES string of the molecule is Cc1nc(Cc2nc3cnc4ccc(Cl)cc4c3n2[C@@H]2CCO[C@H](C)C2)no1. The number of nitrogens with zero attached hydrogens (tertiary/aromatic N) is 5. The zero-order valence-electron chi connectivity index (χ0n) is 15.7. The largest absolute Gasteiger partial charge is 0.378 e. The summed E-state index contributed by atoms with van der Waals surface area (Å²) in [5, 5.41) is 5.75. The van der Waals surface area contributed by atoms with E-state index in [-0.39, 0.29) is 12.1 Å². The second-order valence-electron chi connectivity index (χ2n) is 7.32. The molecule has 1 saturated heterocycles. The molecule has 5 rings (SSSR count). The highest BCUT2D eigenvalue weighted by atomic mass is 35.5. The van der Waals surface area contributed by atoms with Crippen molar-refractivity contribution < 1.29 is 9.26 Å². The van der Waals surface area contributed by atoms with Gasteiger partial charge in [0.1, 0.15) is 11.3 Å². The number of hydrogen-bond donors (Lipinski definition) is 0. The van der Waals surface area contributed by atoms with Gasteiger partial charge in [-0.3, -0.25) is 4.98 Å². The second-order valence-corrected chi connectivity index (χ2v) is 7.75. The Morgan fingerprint density at radius 1 is 1.25 bits per heavy atom. The van der Waals surface area contributed by atoms with E-state index >= 15 is 0 Å². The molecule has 144 valence electrons. The van der Waals surface area contributed by atoms with Gasteiger partial charge in [-0.15, -0.1) is 0 Å². The van der Waals surface area contributed by atoms with Crippen molar-refractivity contribution in [3.05, 3.63) is 47.0 Å². The first-order valence-electron chi connectivity index (χ1n) is 9.44. The van der Waals surface area contributed by atoms with Crippen LogP contribution in [0.2, 0.25) is 5.02 Å². The third-order valence-corrected chi connectivity index (χ3v) is 5.49. The van der Waals surface area contributed by atoms with Crippen molar-refractivity contribution in [1.29, 1.82) is 0 Å². The van der Waals surface area contributed by atoms with E-state index in [1.54, 1.807) is 6.92 Å². The first-order valence-corrected chi connectivity index (χ1v) is 9.82. The van der Waals surface area contributed by atoms with Crippen molar-refractivity contribution in [3.8, 4) is 0 Å². The lowest BCUT2D eigenvalue weighted by Crippen LogP contribution is -2.26. The molecule has 1 aliphatic rings. The lowest BCUT2D eigenvalue weighted by molar-refractivity contribution is 0.00630. The quantitative estimate of drug-likeness (QED) is 0.514. The molecule has 0 amide bonds. The molecule has 2 atom stereocenters. The highest BCUT2D eigenvalue weighted by Crippen LogP contribution is 2.34. The number of benzene rings is 1. The van der Waals surface area contributed by atoms with Gasteiger partial charge in [0.25, 0.3) is 0 Å². The molecule has 1 fully saturated rings. The summed E-state index contributed by atoms with van der Waals surface area (Å²) in [4.78, 5) is 13.8. The molecule has 7 nitrogen and oxygen atoms in total. The Morgan fingerprint density at radius 2 is 2.14 bits per heavy atom. The Hall–Kier alpha value is -2.51. The van der Waals surface area contributed by atoms with Crippen LogP contribution < -0.4 is 0 Å². The van der Waals surface area contributed by atoms with Crippen LogP contribution in [0.4, 0.5) is 0 Å². The Morgan fingerprint density at radius 3 is 2.93 bits per heavy atom. The van der Waals surface area contributed by atoms with Gasteiger partial charge in [0.15, 0.2) is 5.82 Å². The Balaban J connectivity index is 1.74. The number of hydrogen-bond acceptors (Lipinski definition) is 6. The molecule has 28 heavy (non-hydrogen) atoms. The van der Waals surface area contributed by atoms with Crippen molar-refractivity contribution in [1.82, 2.24) is 24.7 Å². The van der Waals surface area contributed by atoms with E-state index < -0.39 is 0 Å². The third-order valence-electron chi connectivity index (χ3n) is 5.26. The predicted molar refractivity (Wildman–Crippen MR) is 106 cm³/mol. The second kappa shape index (κ2) is 6.83. The number of rotatable bonds is 3. The third kappa shape index (κ3) is 3.04. The number of fused-ring (bicyclic) bond motifs is 3. The number of imidazole rings is 1. The first kappa shape index (κ1) is 17.6. The normalized spacial score (nSPS) is 20.2. The number of aromatic nitrogens is 5. The van der Waals surface area contributed by atoms with Gasteiger partial charge >= 0.3 is 0 Å². The highest BCUT2D eigenvalue weighted by Gasteiger charge is 2.27. The van der Waals surface area contributed by atoms with Crippen molar-refractivity contribution in [3.63, 3.8) is 0 Å². The number of ether oxygens (including phenoxy) is 1.